The molecule has 0 bridgehead atoms. The molecular weight excluding hydrogens is 941 g/mol. The molecule has 0 amide bonds. The summed E-state index contributed by atoms with van der Waals surface area (Å²) in [5.74, 6) is 0. The Balaban J connectivity index is 0.736. The molecule has 78 heavy (non-hydrogen) atoms. The quantitative estimate of drug-likeness (QED) is 0.126. The van der Waals surface area contributed by atoms with Gasteiger partial charge < -0.3 is 9.80 Å². The Kier molecular flexibility index (Phi) is 11.2. The average molecular weight is 999 g/mol. The molecule has 0 radical (unpaired) electrons. The second-order valence-electron chi connectivity index (χ2n) is 22.1. The lowest BCUT2D eigenvalue weighted by atomic mass is 9.81. The van der Waals surface area contributed by atoms with Crippen LogP contribution in [0.2, 0.25) is 0 Å². The van der Waals surface area contributed by atoms with E-state index >= 15 is 0 Å². The van der Waals surface area contributed by atoms with Gasteiger partial charge in [-0.25, -0.2) is 0 Å². The van der Waals surface area contributed by atoms with Gasteiger partial charge in [0.05, 0.1) is 11.4 Å². The zero-order valence-corrected chi connectivity index (χ0v) is 44.5. The van der Waals surface area contributed by atoms with Crippen LogP contribution in [-0.2, 0) is 10.8 Å². The Morgan fingerprint density at radius 1 is 0.269 bits per heavy atom. The SMILES string of the molecule is CC1(C)c2cc(/C=C/c3ccc(/C=C/c4ccc5c(c4)C(C)(C)c4cc(N(c6ccccc6)c6cccc7ccccc67)ccc4-5)c4ccccc34)ccc2-c2ccc(N(c3ccccc3)c3cccc4ccccc34)cc21. The standard InChI is InChI=1S/C76H58N2/c1-75(2)69-47-51(35-43-65(69)67-45-41-59(49-71(67)75)77(57-23-7-5-8-24-57)73-31-17-21-53-19-11-13-29-63(53)73)33-37-55-39-40-56(62-28-16-15-27-61(55)62)38-34-52-36-44-66-68-46-42-60(50-72(68)76(3,4)70(66)48-52)78(58-25-9-6-10-26-58)74-32-18-22-54-20-12-14-30-64(54)74/h5-50H,1-4H3/b37-33+,38-34+. The normalized spacial score (nSPS) is 13.7. The first-order chi connectivity index (χ1) is 38.2. The number of anilines is 6. The Hall–Kier alpha value is -9.50. The van der Waals surface area contributed by atoms with Crippen molar-refractivity contribution in [2.75, 3.05) is 9.80 Å². The minimum Gasteiger partial charge on any atom is -0.310 e. The number of rotatable bonds is 10. The Morgan fingerprint density at radius 3 is 1.04 bits per heavy atom. The Morgan fingerprint density at radius 2 is 0.615 bits per heavy atom. The summed E-state index contributed by atoms with van der Waals surface area (Å²) in [6.45, 7) is 9.52. The van der Waals surface area contributed by atoms with Crippen LogP contribution in [0.1, 0.15) is 72.2 Å². The van der Waals surface area contributed by atoms with Crippen LogP contribution in [0.25, 0.3) is 78.9 Å². The van der Waals surface area contributed by atoms with E-state index in [1.54, 1.807) is 0 Å². The van der Waals surface area contributed by atoms with Crippen molar-refractivity contribution in [3.8, 4) is 22.3 Å². The minimum absolute atomic E-state index is 0.197. The summed E-state index contributed by atoms with van der Waals surface area (Å²) in [5, 5.41) is 7.39. The molecule has 12 aromatic carbocycles. The van der Waals surface area contributed by atoms with Crippen molar-refractivity contribution in [1.29, 1.82) is 0 Å². The largest absolute Gasteiger partial charge is 0.310 e. The van der Waals surface area contributed by atoms with E-state index in [1.165, 1.54) is 110 Å². The molecule has 0 heterocycles. The monoisotopic (exact) mass is 998 g/mol. The van der Waals surface area contributed by atoms with E-state index in [1.807, 2.05) is 0 Å². The third-order valence-electron chi connectivity index (χ3n) is 16.8. The number of benzene rings is 12. The van der Waals surface area contributed by atoms with Crippen molar-refractivity contribution < 1.29 is 0 Å². The molecule has 2 heteroatoms. The Labute approximate surface area is 458 Å². The fourth-order valence-electron chi connectivity index (χ4n) is 12.8. The predicted molar refractivity (Wildman–Crippen MR) is 334 cm³/mol. The molecule has 2 aliphatic carbocycles. The van der Waals surface area contributed by atoms with Gasteiger partial charge in [-0.05, 0) is 149 Å². The van der Waals surface area contributed by atoms with E-state index in [0.29, 0.717) is 0 Å². The fraction of sp³-hybridized carbons (Fsp3) is 0.0789. The fourth-order valence-corrected chi connectivity index (χ4v) is 12.8. The van der Waals surface area contributed by atoms with Gasteiger partial charge in [-0.15, -0.1) is 0 Å². The number of hydrogen-bond acceptors (Lipinski definition) is 2. The summed E-state index contributed by atoms with van der Waals surface area (Å²) in [6.07, 6.45) is 9.16. The molecule has 0 fully saturated rings. The number of fused-ring (bicyclic) bond motifs is 9. The molecular formula is C76H58N2. The summed E-state index contributed by atoms with van der Waals surface area (Å²) in [7, 11) is 0. The van der Waals surface area contributed by atoms with Crippen LogP contribution >= 0.6 is 0 Å². The molecule has 0 unspecified atom stereocenters. The van der Waals surface area contributed by atoms with E-state index in [4.69, 9.17) is 0 Å². The molecule has 0 N–H and O–H groups in total. The lowest BCUT2D eigenvalue weighted by molar-refractivity contribution is 0.660. The summed E-state index contributed by atoms with van der Waals surface area (Å²) < 4.78 is 0. The maximum atomic E-state index is 2.43. The van der Waals surface area contributed by atoms with E-state index in [9.17, 15) is 0 Å². The van der Waals surface area contributed by atoms with Gasteiger partial charge in [0, 0.05) is 44.4 Å². The summed E-state index contributed by atoms with van der Waals surface area (Å²) in [6, 6.07) is 93.6. The molecule has 0 saturated carbocycles. The average Bonchev–Trinajstić information content (AvgIpc) is 4.09. The third-order valence-corrected chi connectivity index (χ3v) is 16.8. The van der Waals surface area contributed by atoms with Gasteiger partial charge in [0.25, 0.3) is 0 Å². The van der Waals surface area contributed by atoms with Crippen molar-refractivity contribution in [1.82, 2.24) is 0 Å². The van der Waals surface area contributed by atoms with Crippen molar-refractivity contribution in [3.63, 3.8) is 0 Å². The van der Waals surface area contributed by atoms with Gasteiger partial charge in [-0.2, -0.15) is 0 Å². The highest BCUT2D eigenvalue weighted by molar-refractivity contribution is 6.02. The van der Waals surface area contributed by atoms with E-state index in [-0.39, 0.29) is 10.8 Å². The second-order valence-corrected chi connectivity index (χ2v) is 22.1. The van der Waals surface area contributed by atoms with Gasteiger partial charge in [0.1, 0.15) is 0 Å². The number of nitrogens with zero attached hydrogens (tertiary/aromatic N) is 2. The summed E-state index contributed by atoms with van der Waals surface area (Å²) in [4.78, 5) is 4.83. The van der Waals surface area contributed by atoms with Gasteiger partial charge in [0.2, 0.25) is 0 Å². The van der Waals surface area contributed by atoms with E-state index in [0.717, 1.165) is 22.7 Å². The molecule has 2 nitrogen and oxygen atoms in total. The smallest absolute Gasteiger partial charge is 0.0540 e. The van der Waals surface area contributed by atoms with Crippen molar-refractivity contribution in [3.05, 3.63) is 299 Å². The van der Waals surface area contributed by atoms with Crippen molar-refractivity contribution in [2.24, 2.45) is 0 Å². The highest BCUT2D eigenvalue weighted by Gasteiger charge is 2.38. The molecule has 0 saturated heterocycles. The highest BCUT2D eigenvalue weighted by atomic mass is 15.1. The van der Waals surface area contributed by atoms with Crippen LogP contribution in [0.15, 0.2) is 255 Å². The van der Waals surface area contributed by atoms with Gasteiger partial charge in [-0.3, -0.25) is 0 Å². The molecule has 0 atom stereocenters. The minimum atomic E-state index is -0.197. The number of hydrogen-bond donors (Lipinski definition) is 0. The van der Waals surface area contributed by atoms with Crippen molar-refractivity contribution in [2.45, 2.75) is 38.5 Å². The zero-order chi connectivity index (χ0) is 52.5. The van der Waals surface area contributed by atoms with Crippen LogP contribution in [0, 0.1) is 0 Å². The molecule has 372 valence electrons. The van der Waals surface area contributed by atoms with Crippen LogP contribution in [0.3, 0.4) is 0 Å². The number of para-hydroxylation sites is 2. The van der Waals surface area contributed by atoms with Crippen LogP contribution in [0.5, 0.6) is 0 Å². The first kappa shape index (κ1) is 47.0. The van der Waals surface area contributed by atoms with Gasteiger partial charge in [0.15, 0.2) is 0 Å². The molecule has 14 rings (SSSR count). The van der Waals surface area contributed by atoms with E-state index < -0.39 is 0 Å². The van der Waals surface area contributed by atoms with Gasteiger partial charge >= 0.3 is 0 Å². The maximum absolute atomic E-state index is 2.43. The van der Waals surface area contributed by atoms with Crippen LogP contribution in [-0.4, -0.2) is 0 Å². The van der Waals surface area contributed by atoms with Crippen LogP contribution < -0.4 is 9.80 Å². The molecule has 0 aromatic heterocycles. The first-order valence-corrected chi connectivity index (χ1v) is 27.3. The lowest BCUT2D eigenvalue weighted by Gasteiger charge is -2.29. The van der Waals surface area contributed by atoms with Crippen LogP contribution in [0.4, 0.5) is 34.1 Å². The molecule has 0 spiro atoms. The Bertz CT molecular complexity index is 4090. The third kappa shape index (κ3) is 7.86. The maximum Gasteiger partial charge on any atom is 0.0540 e. The van der Waals surface area contributed by atoms with Crippen molar-refractivity contribution >= 4 is 90.7 Å². The lowest BCUT2D eigenvalue weighted by Crippen LogP contribution is -2.16. The zero-order valence-electron chi connectivity index (χ0n) is 44.5. The summed E-state index contributed by atoms with van der Waals surface area (Å²) in [5.41, 5.74) is 22.0. The second kappa shape index (κ2) is 18.7. The topological polar surface area (TPSA) is 6.48 Å². The van der Waals surface area contributed by atoms with Gasteiger partial charge in [-0.1, -0.05) is 246 Å². The molecule has 2 aliphatic rings. The predicted octanol–water partition coefficient (Wildman–Crippen LogP) is 21.0. The summed E-state index contributed by atoms with van der Waals surface area (Å²) >= 11 is 0. The van der Waals surface area contributed by atoms with E-state index in [2.05, 4.69) is 317 Å². The molecule has 0 aliphatic heterocycles. The first-order valence-electron chi connectivity index (χ1n) is 27.3. The highest BCUT2D eigenvalue weighted by Crippen LogP contribution is 2.53. The molecule has 12 aromatic rings.